The number of methoxy groups -OCH3 is 1. The second-order valence-electron chi connectivity index (χ2n) is 9.57. The van der Waals surface area contributed by atoms with Crippen molar-refractivity contribution in [3.05, 3.63) is 47.7 Å². The Labute approximate surface area is 205 Å². The number of anilines is 2. The Morgan fingerprint density at radius 1 is 1.06 bits per heavy atom. The number of hydrogen-bond acceptors (Lipinski definition) is 8. The molecule has 9 nitrogen and oxygen atoms in total. The number of rotatable bonds is 6. The third-order valence-corrected chi connectivity index (χ3v) is 7.42. The van der Waals surface area contributed by atoms with E-state index in [0.29, 0.717) is 42.5 Å². The van der Waals surface area contributed by atoms with E-state index >= 15 is 0 Å². The van der Waals surface area contributed by atoms with Gasteiger partial charge in [0.05, 0.1) is 19.0 Å². The van der Waals surface area contributed by atoms with E-state index in [1.165, 1.54) is 0 Å². The molecule has 0 spiro atoms. The molecule has 2 aliphatic heterocycles. The molecule has 1 aliphatic carbocycles. The largest absolute Gasteiger partial charge is 0.480 e. The van der Waals surface area contributed by atoms with E-state index < -0.39 is 23.6 Å². The van der Waals surface area contributed by atoms with E-state index in [-0.39, 0.29) is 11.8 Å². The van der Waals surface area contributed by atoms with E-state index in [1.807, 2.05) is 6.07 Å². The second-order valence-corrected chi connectivity index (χ2v) is 9.57. The van der Waals surface area contributed by atoms with Gasteiger partial charge >= 0.3 is 0 Å². The summed E-state index contributed by atoms with van der Waals surface area (Å²) in [6, 6.07) is 4.09. The van der Waals surface area contributed by atoms with Crippen molar-refractivity contribution >= 4 is 11.6 Å². The molecule has 2 fully saturated rings. The van der Waals surface area contributed by atoms with Crippen molar-refractivity contribution in [2.75, 3.05) is 30.4 Å². The Kier molecular flexibility index (Phi) is 5.81. The molecule has 1 saturated carbocycles. The minimum atomic E-state index is -1.55. The normalized spacial score (nSPS) is 24.9. The van der Waals surface area contributed by atoms with Gasteiger partial charge in [-0.05, 0) is 49.7 Å². The van der Waals surface area contributed by atoms with E-state index in [2.05, 4.69) is 30.5 Å². The fourth-order valence-corrected chi connectivity index (χ4v) is 5.67. The van der Waals surface area contributed by atoms with Crippen molar-refractivity contribution in [2.45, 2.75) is 44.4 Å². The van der Waals surface area contributed by atoms with Gasteiger partial charge in [-0.15, -0.1) is 10.2 Å². The van der Waals surface area contributed by atoms with E-state index in [4.69, 9.17) is 9.47 Å². The van der Waals surface area contributed by atoms with Crippen molar-refractivity contribution in [2.24, 2.45) is 11.8 Å². The molecule has 1 saturated heterocycles. The highest BCUT2D eigenvalue weighted by Gasteiger charge is 2.43. The maximum atomic E-state index is 14.2. The number of aromatic nitrogens is 5. The van der Waals surface area contributed by atoms with Crippen LogP contribution < -0.4 is 19.7 Å². The van der Waals surface area contributed by atoms with Gasteiger partial charge < -0.3 is 19.7 Å². The van der Waals surface area contributed by atoms with Crippen LogP contribution in [0.25, 0.3) is 0 Å². The highest BCUT2D eigenvalue weighted by Crippen LogP contribution is 2.40. The number of fused-ring (bicyclic) bond motifs is 3. The first kappa shape index (κ1) is 22.9. The van der Waals surface area contributed by atoms with Crippen LogP contribution in [-0.4, -0.2) is 51.2 Å². The van der Waals surface area contributed by atoms with Crippen LogP contribution in [0.2, 0.25) is 0 Å². The predicted octanol–water partition coefficient (Wildman–Crippen LogP) is 3.73. The van der Waals surface area contributed by atoms with Crippen molar-refractivity contribution in [3.63, 3.8) is 0 Å². The maximum absolute atomic E-state index is 14.2. The summed E-state index contributed by atoms with van der Waals surface area (Å²) < 4.78 is 53.9. The molecule has 2 aromatic heterocycles. The Balaban J connectivity index is 1.17. The highest BCUT2D eigenvalue weighted by molar-refractivity contribution is 5.48. The summed E-state index contributed by atoms with van der Waals surface area (Å²) in [5.41, 5.74) is 0.997. The summed E-state index contributed by atoms with van der Waals surface area (Å²) in [4.78, 5) is 6.99. The van der Waals surface area contributed by atoms with Crippen molar-refractivity contribution in [1.29, 1.82) is 0 Å². The molecular weight excluding hydrogens is 475 g/mol. The molecule has 0 amide bonds. The van der Waals surface area contributed by atoms with E-state index in [1.54, 1.807) is 18.0 Å². The average molecular weight is 502 g/mol. The van der Waals surface area contributed by atoms with Gasteiger partial charge in [0.2, 0.25) is 17.6 Å². The Morgan fingerprint density at radius 3 is 2.64 bits per heavy atom. The van der Waals surface area contributed by atoms with Gasteiger partial charge in [-0.3, -0.25) is 0 Å². The topological polar surface area (TPSA) is 90.2 Å². The zero-order chi connectivity index (χ0) is 24.8. The number of aryl methyl sites for hydroxylation is 1. The summed E-state index contributed by atoms with van der Waals surface area (Å²) in [7, 11) is 1.58. The van der Waals surface area contributed by atoms with Crippen LogP contribution in [0.4, 0.5) is 24.8 Å². The Morgan fingerprint density at radius 2 is 1.86 bits per heavy atom. The van der Waals surface area contributed by atoms with Gasteiger partial charge in [-0.25, -0.2) is 13.5 Å². The van der Waals surface area contributed by atoms with Crippen LogP contribution in [0.1, 0.15) is 37.6 Å². The van der Waals surface area contributed by atoms with E-state index in [9.17, 15) is 13.2 Å². The second kappa shape index (κ2) is 9.14. The lowest BCUT2D eigenvalue weighted by Crippen LogP contribution is -2.48. The summed E-state index contributed by atoms with van der Waals surface area (Å²) >= 11 is 0. The number of halogens is 3. The first-order valence-electron chi connectivity index (χ1n) is 12.1. The SMILES string of the molecule is COc1cc(N2C[C@H]3CC[C@@H](C2)[C@@H]3Nc2nc3n(n2)CCC[C@H]3Oc2ccc(F)c(F)c2F)cnn1. The lowest BCUT2D eigenvalue weighted by Gasteiger charge is -2.39. The first-order valence-corrected chi connectivity index (χ1v) is 12.1. The van der Waals surface area contributed by atoms with Gasteiger partial charge in [0.15, 0.2) is 29.3 Å². The summed E-state index contributed by atoms with van der Waals surface area (Å²) in [5, 5.41) is 16.2. The van der Waals surface area contributed by atoms with Crippen LogP contribution in [0.5, 0.6) is 11.6 Å². The molecule has 36 heavy (non-hydrogen) atoms. The van der Waals surface area contributed by atoms with Crippen LogP contribution in [0.3, 0.4) is 0 Å². The summed E-state index contributed by atoms with van der Waals surface area (Å²) in [6.45, 7) is 2.40. The predicted molar refractivity (Wildman–Crippen MR) is 123 cm³/mol. The fourth-order valence-electron chi connectivity index (χ4n) is 5.67. The summed E-state index contributed by atoms with van der Waals surface area (Å²) in [6.07, 6.45) is 4.68. The minimum absolute atomic E-state index is 0.227. The number of benzene rings is 1. The summed E-state index contributed by atoms with van der Waals surface area (Å²) in [5.74, 6) is -2.10. The van der Waals surface area contributed by atoms with E-state index in [0.717, 1.165) is 50.2 Å². The Hall–Kier alpha value is -3.57. The molecule has 1 N–H and O–H groups in total. The van der Waals surface area contributed by atoms with Crippen LogP contribution >= 0.6 is 0 Å². The zero-order valence-corrected chi connectivity index (χ0v) is 19.7. The molecule has 190 valence electrons. The zero-order valence-electron chi connectivity index (χ0n) is 19.7. The smallest absolute Gasteiger partial charge is 0.242 e. The molecule has 6 rings (SSSR count). The van der Waals surface area contributed by atoms with Gasteiger partial charge in [0.25, 0.3) is 0 Å². The highest BCUT2D eigenvalue weighted by atomic mass is 19.2. The van der Waals surface area contributed by atoms with Gasteiger partial charge in [-0.2, -0.15) is 14.5 Å². The van der Waals surface area contributed by atoms with Gasteiger partial charge in [0, 0.05) is 31.7 Å². The van der Waals surface area contributed by atoms with Crippen LogP contribution in [-0.2, 0) is 6.54 Å². The molecule has 2 bridgehead atoms. The fraction of sp³-hybridized carbons (Fsp3) is 0.500. The van der Waals surface area contributed by atoms with Crippen molar-refractivity contribution in [1.82, 2.24) is 25.0 Å². The number of nitrogens with zero attached hydrogens (tertiary/aromatic N) is 6. The maximum Gasteiger partial charge on any atom is 0.242 e. The third kappa shape index (κ3) is 4.07. The lowest BCUT2D eigenvalue weighted by atomic mass is 9.92. The number of piperidine rings is 1. The number of nitrogens with one attached hydrogen (secondary N) is 1. The molecule has 0 unspecified atom stereocenters. The molecule has 1 aromatic carbocycles. The quantitative estimate of drug-likeness (QED) is 0.511. The first-order chi connectivity index (χ1) is 17.5. The molecule has 3 aromatic rings. The van der Waals surface area contributed by atoms with Gasteiger partial charge in [-0.1, -0.05) is 0 Å². The molecule has 4 atom stereocenters. The average Bonchev–Trinajstić information content (AvgIpc) is 3.40. The molecule has 0 radical (unpaired) electrons. The van der Waals surface area contributed by atoms with Crippen LogP contribution in [0.15, 0.2) is 24.4 Å². The molecule has 4 heterocycles. The minimum Gasteiger partial charge on any atom is -0.480 e. The third-order valence-electron chi connectivity index (χ3n) is 7.42. The van der Waals surface area contributed by atoms with Gasteiger partial charge in [0.1, 0.15) is 0 Å². The number of ether oxygens (including phenoxy) is 2. The standard InChI is InChI=1S/C24H26F3N7O2/c1-35-19-9-15(10-28-31-19)33-11-13-4-5-14(12-33)22(13)29-24-30-23-18(3-2-8-34(23)32-24)36-17-7-6-16(25)20(26)21(17)27/h6-7,9-10,13-14,18,22H,2-5,8,11-12H2,1H3,(H,29,32)/t13-,14+,18-,22-/m1/s1. The molecule has 12 heteroatoms. The number of hydrogen-bond donors (Lipinski definition) is 1. The molecule has 3 aliphatic rings. The van der Waals surface area contributed by atoms with Crippen molar-refractivity contribution in [3.8, 4) is 11.6 Å². The molecular formula is C24H26F3N7O2. The monoisotopic (exact) mass is 501 g/mol. The van der Waals surface area contributed by atoms with Crippen molar-refractivity contribution < 1.29 is 22.6 Å². The van der Waals surface area contributed by atoms with Crippen LogP contribution in [0, 0.1) is 29.3 Å². The lowest BCUT2D eigenvalue weighted by molar-refractivity contribution is 0.147. The Bertz CT molecular complexity index is 1260.